The second-order valence-electron chi connectivity index (χ2n) is 4.47. The molecule has 0 aromatic carbocycles. The van der Waals surface area contributed by atoms with Gasteiger partial charge in [0.15, 0.2) is 0 Å². The third kappa shape index (κ3) is 2.98. The topological polar surface area (TPSA) is 54.5 Å². The molecule has 0 aliphatic carbocycles. The number of carbonyl (C=O) groups excluding carboxylic acids is 1. The first kappa shape index (κ1) is 12.8. The summed E-state index contributed by atoms with van der Waals surface area (Å²) in [6.45, 7) is 4.08. The first-order valence-electron chi connectivity index (χ1n) is 6.25. The average molecular weight is 249 g/mol. The standard InChI is InChI=1S/C13H19N3O2/c1-10-9-16(6-3-7-18-10)13(17)12-5-4-11(14-2)8-15-12/h4-5,8,10,14H,3,6-7,9H2,1-2H3. The van der Waals surface area contributed by atoms with Gasteiger partial charge in [-0.2, -0.15) is 0 Å². The Hall–Kier alpha value is -1.62. The molecule has 18 heavy (non-hydrogen) atoms. The monoisotopic (exact) mass is 249 g/mol. The van der Waals surface area contributed by atoms with Crippen LogP contribution in [0.3, 0.4) is 0 Å². The van der Waals surface area contributed by atoms with Gasteiger partial charge in [0.25, 0.3) is 5.91 Å². The summed E-state index contributed by atoms with van der Waals surface area (Å²) in [7, 11) is 1.83. The minimum Gasteiger partial charge on any atom is -0.387 e. The van der Waals surface area contributed by atoms with Crippen LogP contribution in [-0.4, -0.2) is 48.6 Å². The molecule has 5 heteroatoms. The molecule has 1 saturated heterocycles. The molecule has 1 aromatic heterocycles. The number of carbonyl (C=O) groups is 1. The zero-order valence-electron chi connectivity index (χ0n) is 10.8. The van der Waals surface area contributed by atoms with E-state index >= 15 is 0 Å². The van der Waals surface area contributed by atoms with Crippen LogP contribution in [-0.2, 0) is 4.74 Å². The molecule has 1 aromatic rings. The maximum absolute atomic E-state index is 12.3. The normalized spacial score (nSPS) is 20.3. The fourth-order valence-corrected chi connectivity index (χ4v) is 2.01. The van der Waals surface area contributed by atoms with Gasteiger partial charge < -0.3 is 15.0 Å². The highest BCUT2D eigenvalue weighted by Gasteiger charge is 2.21. The lowest BCUT2D eigenvalue weighted by Crippen LogP contribution is -2.36. The minimum atomic E-state index is -0.0185. The molecule has 1 fully saturated rings. The Morgan fingerprint density at radius 2 is 2.39 bits per heavy atom. The molecule has 1 atom stereocenters. The van der Waals surface area contributed by atoms with E-state index < -0.39 is 0 Å². The number of nitrogens with zero attached hydrogens (tertiary/aromatic N) is 2. The van der Waals surface area contributed by atoms with Crippen LogP contribution in [0.15, 0.2) is 18.3 Å². The number of hydrogen-bond acceptors (Lipinski definition) is 4. The number of hydrogen-bond donors (Lipinski definition) is 1. The fourth-order valence-electron chi connectivity index (χ4n) is 2.01. The van der Waals surface area contributed by atoms with E-state index in [1.807, 2.05) is 24.9 Å². The van der Waals surface area contributed by atoms with Crippen molar-refractivity contribution in [2.24, 2.45) is 0 Å². The minimum absolute atomic E-state index is 0.0185. The van der Waals surface area contributed by atoms with Gasteiger partial charge in [-0.15, -0.1) is 0 Å². The molecule has 0 bridgehead atoms. The van der Waals surface area contributed by atoms with Crippen molar-refractivity contribution in [1.82, 2.24) is 9.88 Å². The maximum Gasteiger partial charge on any atom is 0.272 e. The first-order chi connectivity index (χ1) is 8.70. The summed E-state index contributed by atoms with van der Waals surface area (Å²) >= 11 is 0. The third-order valence-electron chi connectivity index (χ3n) is 3.01. The number of amides is 1. The molecule has 0 radical (unpaired) electrons. The van der Waals surface area contributed by atoms with E-state index in [-0.39, 0.29) is 12.0 Å². The number of pyridine rings is 1. The van der Waals surface area contributed by atoms with Crippen molar-refractivity contribution in [3.63, 3.8) is 0 Å². The van der Waals surface area contributed by atoms with Crippen molar-refractivity contribution >= 4 is 11.6 Å². The lowest BCUT2D eigenvalue weighted by atomic mass is 10.2. The highest BCUT2D eigenvalue weighted by Crippen LogP contribution is 2.11. The van der Waals surface area contributed by atoms with Crippen LogP contribution in [0, 0.1) is 0 Å². The Bertz CT molecular complexity index is 405. The van der Waals surface area contributed by atoms with Crippen molar-refractivity contribution in [1.29, 1.82) is 0 Å². The van der Waals surface area contributed by atoms with Gasteiger partial charge in [0.1, 0.15) is 5.69 Å². The van der Waals surface area contributed by atoms with Gasteiger partial charge in [-0.1, -0.05) is 0 Å². The molecule has 0 spiro atoms. The average Bonchev–Trinajstić information content (AvgIpc) is 2.63. The van der Waals surface area contributed by atoms with Crippen molar-refractivity contribution in [3.8, 4) is 0 Å². The summed E-state index contributed by atoms with van der Waals surface area (Å²) in [4.78, 5) is 18.3. The van der Waals surface area contributed by atoms with Gasteiger partial charge in [0.05, 0.1) is 18.0 Å². The predicted molar refractivity (Wildman–Crippen MR) is 69.7 cm³/mol. The second kappa shape index (κ2) is 5.82. The molecule has 5 nitrogen and oxygen atoms in total. The summed E-state index contributed by atoms with van der Waals surface area (Å²) in [6, 6.07) is 3.61. The molecule has 1 unspecified atom stereocenters. The van der Waals surface area contributed by atoms with Crippen molar-refractivity contribution < 1.29 is 9.53 Å². The van der Waals surface area contributed by atoms with Crippen LogP contribution in [0.2, 0.25) is 0 Å². The molecular weight excluding hydrogens is 230 g/mol. The fraction of sp³-hybridized carbons (Fsp3) is 0.538. The zero-order valence-corrected chi connectivity index (χ0v) is 10.8. The SMILES string of the molecule is CNc1ccc(C(=O)N2CCCOC(C)C2)nc1. The van der Waals surface area contributed by atoms with E-state index in [0.717, 1.165) is 25.3 Å². The lowest BCUT2D eigenvalue weighted by molar-refractivity contribution is 0.0559. The molecule has 1 aliphatic heterocycles. The summed E-state index contributed by atoms with van der Waals surface area (Å²) in [5.41, 5.74) is 1.39. The highest BCUT2D eigenvalue weighted by atomic mass is 16.5. The van der Waals surface area contributed by atoms with Crippen LogP contribution >= 0.6 is 0 Å². The van der Waals surface area contributed by atoms with Gasteiger partial charge in [0, 0.05) is 26.7 Å². The van der Waals surface area contributed by atoms with Gasteiger partial charge in [-0.25, -0.2) is 4.98 Å². The summed E-state index contributed by atoms with van der Waals surface area (Å²) in [5, 5.41) is 2.98. The maximum atomic E-state index is 12.3. The number of nitrogens with one attached hydrogen (secondary N) is 1. The number of rotatable bonds is 2. The Morgan fingerprint density at radius 3 is 3.06 bits per heavy atom. The van der Waals surface area contributed by atoms with Crippen LogP contribution in [0.1, 0.15) is 23.8 Å². The van der Waals surface area contributed by atoms with Gasteiger partial charge >= 0.3 is 0 Å². The van der Waals surface area contributed by atoms with Gasteiger partial charge in [0.2, 0.25) is 0 Å². The molecule has 2 rings (SSSR count). The third-order valence-corrected chi connectivity index (χ3v) is 3.01. The Balaban J connectivity index is 2.08. The Morgan fingerprint density at radius 1 is 1.56 bits per heavy atom. The van der Waals surface area contributed by atoms with E-state index in [1.165, 1.54) is 0 Å². The lowest BCUT2D eigenvalue weighted by Gasteiger charge is -2.21. The van der Waals surface area contributed by atoms with E-state index in [1.54, 1.807) is 12.3 Å². The van der Waals surface area contributed by atoms with Crippen LogP contribution in [0.4, 0.5) is 5.69 Å². The largest absolute Gasteiger partial charge is 0.387 e. The van der Waals surface area contributed by atoms with E-state index in [2.05, 4.69) is 10.3 Å². The van der Waals surface area contributed by atoms with Crippen molar-refractivity contribution in [3.05, 3.63) is 24.0 Å². The highest BCUT2D eigenvalue weighted by molar-refractivity contribution is 5.92. The molecule has 1 N–H and O–H groups in total. The first-order valence-corrected chi connectivity index (χ1v) is 6.25. The second-order valence-corrected chi connectivity index (χ2v) is 4.47. The Labute approximate surface area is 107 Å². The van der Waals surface area contributed by atoms with Crippen LogP contribution in [0.25, 0.3) is 0 Å². The predicted octanol–water partition coefficient (Wildman–Crippen LogP) is 1.37. The van der Waals surface area contributed by atoms with Crippen LogP contribution in [0.5, 0.6) is 0 Å². The molecule has 0 saturated carbocycles. The Kier molecular flexibility index (Phi) is 4.15. The molecular formula is C13H19N3O2. The molecule has 2 heterocycles. The van der Waals surface area contributed by atoms with Gasteiger partial charge in [-0.3, -0.25) is 4.79 Å². The van der Waals surface area contributed by atoms with Gasteiger partial charge in [-0.05, 0) is 25.5 Å². The molecule has 98 valence electrons. The number of ether oxygens (including phenoxy) is 1. The molecule has 1 aliphatic rings. The van der Waals surface area contributed by atoms with Crippen LogP contribution < -0.4 is 5.32 Å². The van der Waals surface area contributed by atoms with Crippen molar-refractivity contribution in [2.75, 3.05) is 32.1 Å². The number of anilines is 1. The summed E-state index contributed by atoms with van der Waals surface area (Å²) < 4.78 is 5.53. The van der Waals surface area contributed by atoms with E-state index in [4.69, 9.17) is 4.74 Å². The smallest absolute Gasteiger partial charge is 0.272 e. The van der Waals surface area contributed by atoms with Crippen molar-refractivity contribution in [2.45, 2.75) is 19.4 Å². The zero-order chi connectivity index (χ0) is 13.0. The quantitative estimate of drug-likeness (QED) is 0.860. The summed E-state index contributed by atoms with van der Waals surface area (Å²) in [6.07, 6.45) is 2.64. The van der Waals surface area contributed by atoms with E-state index in [0.29, 0.717) is 12.2 Å². The number of aromatic nitrogens is 1. The molecule has 1 amide bonds. The van der Waals surface area contributed by atoms with E-state index in [9.17, 15) is 4.79 Å². The summed E-state index contributed by atoms with van der Waals surface area (Å²) in [5.74, 6) is -0.0185.